The van der Waals surface area contributed by atoms with Crippen LogP contribution in [-0.2, 0) is 12.8 Å². The standard InChI is InChI=1S/C23H25N7O/c1-4-18-16(3)30-31-22(18)19-13-28-23(25-11-7-9-17-8-5-6-10-24-17)29-21(19)20-14-26-15(2)12-27-20/h5-6,8,10,12-14H,4,7,9,11H2,1-3H3,(H,25,28,29). The van der Waals surface area contributed by atoms with Gasteiger partial charge in [-0.3, -0.25) is 15.0 Å². The first-order valence-corrected chi connectivity index (χ1v) is 10.4. The van der Waals surface area contributed by atoms with E-state index in [2.05, 4.69) is 37.3 Å². The van der Waals surface area contributed by atoms with Gasteiger partial charge in [-0.05, 0) is 45.2 Å². The quantitative estimate of drug-likeness (QED) is 0.427. The van der Waals surface area contributed by atoms with E-state index in [-0.39, 0.29) is 0 Å². The Balaban J connectivity index is 1.59. The minimum absolute atomic E-state index is 0.538. The number of nitrogens with one attached hydrogen (secondary N) is 1. The third-order valence-electron chi connectivity index (χ3n) is 5.01. The van der Waals surface area contributed by atoms with Crippen molar-refractivity contribution in [1.29, 1.82) is 0 Å². The van der Waals surface area contributed by atoms with Crippen molar-refractivity contribution in [2.24, 2.45) is 0 Å². The monoisotopic (exact) mass is 415 g/mol. The van der Waals surface area contributed by atoms with Gasteiger partial charge >= 0.3 is 0 Å². The maximum Gasteiger partial charge on any atom is 0.223 e. The molecule has 0 aliphatic heterocycles. The lowest BCUT2D eigenvalue weighted by Crippen LogP contribution is -2.08. The summed E-state index contributed by atoms with van der Waals surface area (Å²) < 4.78 is 5.64. The number of nitrogens with zero attached hydrogens (tertiary/aromatic N) is 6. The van der Waals surface area contributed by atoms with E-state index in [9.17, 15) is 0 Å². The summed E-state index contributed by atoms with van der Waals surface area (Å²) in [6.45, 7) is 6.65. The second-order valence-corrected chi connectivity index (χ2v) is 7.28. The van der Waals surface area contributed by atoms with Crippen LogP contribution in [0.1, 0.15) is 36.0 Å². The summed E-state index contributed by atoms with van der Waals surface area (Å²) in [4.78, 5) is 22.5. The van der Waals surface area contributed by atoms with E-state index in [1.165, 1.54) is 0 Å². The molecule has 4 rings (SSSR count). The van der Waals surface area contributed by atoms with Gasteiger partial charge in [-0.15, -0.1) is 0 Å². The molecule has 0 fully saturated rings. The molecule has 0 aliphatic rings. The van der Waals surface area contributed by atoms with Crippen molar-refractivity contribution in [3.8, 4) is 22.7 Å². The number of hydrogen-bond donors (Lipinski definition) is 1. The molecule has 0 saturated carbocycles. The summed E-state index contributed by atoms with van der Waals surface area (Å²) in [5, 5.41) is 7.44. The Morgan fingerprint density at radius 3 is 2.65 bits per heavy atom. The van der Waals surface area contributed by atoms with Gasteiger partial charge in [-0.1, -0.05) is 18.1 Å². The zero-order valence-corrected chi connectivity index (χ0v) is 18.0. The van der Waals surface area contributed by atoms with Crippen LogP contribution in [0, 0.1) is 13.8 Å². The van der Waals surface area contributed by atoms with Crippen LogP contribution < -0.4 is 5.32 Å². The Morgan fingerprint density at radius 1 is 1.00 bits per heavy atom. The molecular weight excluding hydrogens is 390 g/mol. The number of anilines is 1. The lowest BCUT2D eigenvalue weighted by atomic mass is 10.0. The highest BCUT2D eigenvalue weighted by molar-refractivity contribution is 5.78. The van der Waals surface area contributed by atoms with Gasteiger partial charge in [0.15, 0.2) is 5.76 Å². The van der Waals surface area contributed by atoms with Crippen molar-refractivity contribution in [1.82, 2.24) is 30.1 Å². The van der Waals surface area contributed by atoms with Crippen LogP contribution in [0.4, 0.5) is 5.95 Å². The molecule has 8 heteroatoms. The lowest BCUT2D eigenvalue weighted by Gasteiger charge is -2.10. The van der Waals surface area contributed by atoms with E-state index >= 15 is 0 Å². The van der Waals surface area contributed by atoms with Crippen LogP contribution in [0.5, 0.6) is 0 Å². The van der Waals surface area contributed by atoms with E-state index in [1.54, 1.807) is 18.6 Å². The molecule has 0 unspecified atom stereocenters. The SMILES string of the molecule is CCc1c(C)noc1-c1cnc(NCCCc2ccccn2)nc1-c1cnc(C)cn1. The van der Waals surface area contributed by atoms with Gasteiger partial charge in [0.2, 0.25) is 5.95 Å². The van der Waals surface area contributed by atoms with Crippen molar-refractivity contribution >= 4 is 5.95 Å². The smallest absolute Gasteiger partial charge is 0.223 e. The van der Waals surface area contributed by atoms with E-state index < -0.39 is 0 Å². The van der Waals surface area contributed by atoms with E-state index in [0.717, 1.165) is 54.0 Å². The van der Waals surface area contributed by atoms with Gasteiger partial charge in [0.25, 0.3) is 0 Å². The van der Waals surface area contributed by atoms with Gasteiger partial charge in [-0.25, -0.2) is 9.97 Å². The summed E-state index contributed by atoms with van der Waals surface area (Å²) in [6.07, 6.45) is 9.65. The molecule has 0 aromatic carbocycles. The second-order valence-electron chi connectivity index (χ2n) is 7.28. The highest BCUT2D eigenvalue weighted by atomic mass is 16.5. The fraction of sp³-hybridized carbons (Fsp3) is 0.304. The molecular formula is C23H25N7O. The van der Waals surface area contributed by atoms with Crippen LogP contribution in [0.2, 0.25) is 0 Å². The Bertz CT molecular complexity index is 1140. The number of aryl methyl sites for hydroxylation is 3. The molecule has 8 nitrogen and oxygen atoms in total. The molecule has 0 bridgehead atoms. The average Bonchev–Trinajstić information content (AvgIpc) is 3.18. The molecule has 0 aliphatic carbocycles. The van der Waals surface area contributed by atoms with Crippen molar-refractivity contribution in [3.05, 3.63) is 65.6 Å². The predicted molar refractivity (Wildman–Crippen MR) is 118 cm³/mol. The summed E-state index contributed by atoms with van der Waals surface area (Å²) in [5.41, 5.74) is 5.92. The summed E-state index contributed by atoms with van der Waals surface area (Å²) >= 11 is 0. The largest absolute Gasteiger partial charge is 0.356 e. The van der Waals surface area contributed by atoms with Crippen molar-refractivity contribution < 1.29 is 4.52 Å². The number of rotatable bonds is 8. The highest BCUT2D eigenvalue weighted by Gasteiger charge is 2.20. The fourth-order valence-corrected chi connectivity index (χ4v) is 3.38. The van der Waals surface area contributed by atoms with Gasteiger partial charge in [0.1, 0.15) is 11.4 Å². The summed E-state index contributed by atoms with van der Waals surface area (Å²) in [5.74, 6) is 1.22. The van der Waals surface area contributed by atoms with Crippen LogP contribution >= 0.6 is 0 Å². The number of aromatic nitrogens is 6. The van der Waals surface area contributed by atoms with Crippen molar-refractivity contribution in [3.63, 3.8) is 0 Å². The molecule has 0 amide bonds. The molecule has 0 atom stereocenters. The molecule has 31 heavy (non-hydrogen) atoms. The molecule has 4 heterocycles. The van der Waals surface area contributed by atoms with Crippen molar-refractivity contribution in [2.75, 3.05) is 11.9 Å². The molecule has 158 valence electrons. The van der Waals surface area contributed by atoms with Gasteiger partial charge in [-0.2, -0.15) is 0 Å². The molecule has 1 N–H and O–H groups in total. The first kappa shape index (κ1) is 20.6. The fourth-order valence-electron chi connectivity index (χ4n) is 3.38. The normalized spacial score (nSPS) is 10.9. The van der Waals surface area contributed by atoms with Gasteiger partial charge < -0.3 is 9.84 Å². The molecule has 0 spiro atoms. The van der Waals surface area contributed by atoms with Crippen LogP contribution in [0.3, 0.4) is 0 Å². The maximum atomic E-state index is 5.64. The number of pyridine rings is 1. The first-order valence-electron chi connectivity index (χ1n) is 10.4. The lowest BCUT2D eigenvalue weighted by molar-refractivity contribution is 0.426. The number of hydrogen-bond acceptors (Lipinski definition) is 8. The van der Waals surface area contributed by atoms with Crippen molar-refractivity contribution in [2.45, 2.75) is 40.0 Å². The van der Waals surface area contributed by atoms with Crippen LogP contribution in [0.15, 0.2) is 47.5 Å². The third-order valence-corrected chi connectivity index (χ3v) is 5.01. The van der Waals surface area contributed by atoms with Gasteiger partial charge in [0.05, 0.1) is 23.1 Å². The summed E-state index contributed by atoms with van der Waals surface area (Å²) in [7, 11) is 0. The zero-order valence-electron chi connectivity index (χ0n) is 18.0. The maximum absolute atomic E-state index is 5.64. The van der Waals surface area contributed by atoms with E-state index in [1.807, 2.05) is 38.2 Å². The zero-order chi connectivity index (χ0) is 21.6. The van der Waals surface area contributed by atoms with E-state index in [0.29, 0.717) is 23.1 Å². The minimum atomic E-state index is 0.538. The van der Waals surface area contributed by atoms with Gasteiger partial charge in [0, 0.05) is 36.4 Å². The Hall–Kier alpha value is -3.68. The Kier molecular flexibility index (Phi) is 6.26. The molecule has 0 saturated heterocycles. The summed E-state index contributed by atoms with van der Waals surface area (Å²) in [6, 6.07) is 5.96. The third kappa shape index (κ3) is 4.74. The molecule has 0 radical (unpaired) electrons. The first-order chi connectivity index (χ1) is 15.2. The minimum Gasteiger partial charge on any atom is -0.356 e. The van der Waals surface area contributed by atoms with Crippen LogP contribution in [0.25, 0.3) is 22.7 Å². The topological polar surface area (TPSA) is 103 Å². The van der Waals surface area contributed by atoms with Crippen LogP contribution in [-0.4, -0.2) is 36.6 Å². The average molecular weight is 416 g/mol. The molecule has 4 aromatic heterocycles. The Labute approximate surface area is 181 Å². The Morgan fingerprint density at radius 2 is 1.90 bits per heavy atom. The molecule has 4 aromatic rings. The second kappa shape index (κ2) is 9.42. The van der Waals surface area contributed by atoms with E-state index in [4.69, 9.17) is 9.51 Å². The highest BCUT2D eigenvalue weighted by Crippen LogP contribution is 2.33. The predicted octanol–water partition coefficient (Wildman–Crippen LogP) is 4.21.